The van der Waals surface area contributed by atoms with Crippen LogP contribution in [0, 0.1) is 0 Å². The zero-order chi connectivity index (χ0) is 9.78. The van der Waals surface area contributed by atoms with Crippen LogP contribution in [0.15, 0.2) is 16.6 Å². The molecule has 0 saturated carbocycles. The monoisotopic (exact) mass is 179 g/mol. The summed E-state index contributed by atoms with van der Waals surface area (Å²) in [6.07, 6.45) is -2.54. The van der Waals surface area contributed by atoms with Gasteiger partial charge in [0.15, 0.2) is 0 Å². The third kappa shape index (κ3) is 4.16. The van der Waals surface area contributed by atoms with Crippen molar-refractivity contribution in [2.24, 2.45) is 4.99 Å². The molecule has 70 valence electrons. The summed E-state index contributed by atoms with van der Waals surface area (Å²) in [4.78, 5) is 3.39. The van der Waals surface area contributed by atoms with E-state index in [1.807, 2.05) is 0 Å². The van der Waals surface area contributed by atoms with Crippen LogP contribution in [0.5, 0.6) is 0 Å². The lowest BCUT2D eigenvalue weighted by atomic mass is 10.3. The minimum Gasteiger partial charge on any atom is -0.281 e. The Morgan fingerprint density at radius 1 is 1.33 bits per heavy atom. The van der Waals surface area contributed by atoms with Gasteiger partial charge < -0.3 is 0 Å². The summed E-state index contributed by atoms with van der Waals surface area (Å²) in [6.45, 7) is 4.62. The smallest absolute Gasteiger partial charge is 0.281 e. The fourth-order valence-electron chi connectivity index (χ4n) is 0.424. The summed E-state index contributed by atoms with van der Waals surface area (Å²) in [5.74, 6) is 0. The molecular formula is C8H12F3N. The van der Waals surface area contributed by atoms with Gasteiger partial charge in [0.1, 0.15) is 5.71 Å². The molecule has 0 spiro atoms. The number of alkyl halides is 3. The molecule has 0 amide bonds. The second kappa shape index (κ2) is 4.28. The molecule has 0 aliphatic carbocycles. The summed E-state index contributed by atoms with van der Waals surface area (Å²) in [7, 11) is 0. The first kappa shape index (κ1) is 11.2. The number of hydrogen-bond acceptors (Lipinski definition) is 1. The van der Waals surface area contributed by atoms with E-state index in [-0.39, 0.29) is 6.54 Å². The second-order valence-corrected chi connectivity index (χ2v) is 2.53. The van der Waals surface area contributed by atoms with Gasteiger partial charge in [-0.2, -0.15) is 13.2 Å². The molecule has 4 heteroatoms. The molecule has 0 atom stereocenters. The van der Waals surface area contributed by atoms with Gasteiger partial charge in [0, 0.05) is 0 Å². The highest BCUT2D eigenvalue weighted by Crippen LogP contribution is 2.16. The summed E-state index contributed by atoms with van der Waals surface area (Å²) in [6, 6.07) is 0. The van der Waals surface area contributed by atoms with Crippen LogP contribution >= 0.6 is 0 Å². The largest absolute Gasteiger partial charge is 0.428 e. The second-order valence-electron chi connectivity index (χ2n) is 2.53. The van der Waals surface area contributed by atoms with Crippen molar-refractivity contribution in [2.45, 2.75) is 26.9 Å². The van der Waals surface area contributed by atoms with E-state index in [0.29, 0.717) is 0 Å². The standard InChI is InChI=1S/C8H12F3N/c1-4-6(2)5-12-7(3)8(9,10)11/h4H,5H2,1-3H3/b6-4-,12-7?. The first-order chi connectivity index (χ1) is 5.38. The first-order valence-electron chi connectivity index (χ1n) is 3.58. The Labute approximate surface area is 70.0 Å². The summed E-state index contributed by atoms with van der Waals surface area (Å²) >= 11 is 0. The van der Waals surface area contributed by atoms with Crippen LogP contribution in [0.1, 0.15) is 20.8 Å². The van der Waals surface area contributed by atoms with Crippen LogP contribution in [-0.4, -0.2) is 18.4 Å². The van der Waals surface area contributed by atoms with Gasteiger partial charge >= 0.3 is 6.18 Å². The fraction of sp³-hybridized carbons (Fsp3) is 0.625. The highest BCUT2D eigenvalue weighted by atomic mass is 19.4. The summed E-state index contributed by atoms with van der Waals surface area (Å²) < 4.78 is 35.6. The molecule has 0 aliphatic rings. The molecule has 12 heavy (non-hydrogen) atoms. The maximum atomic E-state index is 11.9. The van der Waals surface area contributed by atoms with Crippen molar-refractivity contribution in [3.63, 3.8) is 0 Å². The minimum absolute atomic E-state index is 0.127. The number of hydrogen-bond donors (Lipinski definition) is 0. The van der Waals surface area contributed by atoms with E-state index in [1.165, 1.54) is 0 Å². The topological polar surface area (TPSA) is 12.4 Å². The molecule has 0 aromatic rings. The lowest BCUT2D eigenvalue weighted by Crippen LogP contribution is -2.19. The maximum absolute atomic E-state index is 11.9. The third-order valence-corrected chi connectivity index (χ3v) is 1.47. The van der Waals surface area contributed by atoms with E-state index >= 15 is 0 Å². The Kier molecular flexibility index (Phi) is 4.00. The third-order valence-electron chi connectivity index (χ3n) is 1.47. The molecule has 0 fully saturated rings. The quantitative estimate of drug-likeness (QED) is 0.456. The van der Waals surface area contributed by atoms with Gasteiger partial charge in [-0.15, -0.1) is 0 Å². The fourth-order valence-corrected chi connectivity index (χ4v) is 0.424. The number of halogens is 3. The molecule has 0 N–H and O–H groups in total. The molecule has 0 aromatic heterocycles. The van der Waals surface area contributed by atoms with E-state index in [2.05, 4.69) is 4.99 Å². The molecular weight excluding hydrogens is 167 g/mol. The predicted octanol–water partition coefficient (Wildman–Crippen LogP) is 2.98. The van der Waals surface area contributed by atoms with E-state index in [9.17, 15) is 13.2 Å². The van der Waals surface area contributed by atoms with Gasteiger partial charge in [0.2, 0.25) is 0 Å². The SMILES string of the molecule is C/C=C(/C)CN=C(C)C(F)(F)F. The Morgan fingerprint density at radius 2 is 1.83 bits per heavy atom. The lowest BCUT2D eigenvalue weighted by molar-refractivity contribution is -0.0593. The predicted molar refractivity (Wildman–Crippen MR) is 43.5 cm³/mol. The Morgan fingerprint density at radius 3 is 2.17 bits per heavy atom. The Hall–Kier alpha value is -0.800. The van der Waals surface area contributed by atoms with Crippen LogP contribution in [0.25, 0.3) is 0 Å². The summed E-state index contributed by atoms with van der Waals surface area (Å²) in [5, 5.41) is 0. The number of nitrogens with zero attached hydrogens (tertiary/aromatic N) is 1. The molecule has 0 unspecified atom stereocenters. The highest BCUT2D eigenvalue weighted by Gasteiger charge is 2.31. The van der Waals surface area contributed by atoms with E-state index < -0.39 is 11.9 Å². The minimum atomic E-state index is -4.28. The van der Waals surface area contributed by atoms with Crippen molar-refractivity contribution in [2.75, 3.05) is 6.54 Å². The molecule has 0 rings (SSSR count). The van der Waals surface area contributed by atoms with E-state index in [0.717, 1.165) is 12.5 Å². The maximum Gasteiger partial charge on any atom is 0.428 e. The molecule has 0 saturated heterocycles. The van der Waals surface area contributed by atoms with Crippen molar-refractivity contribution < 1.29 is 13.2 Å². The molecule has 0 aliphatic heterocycles. The van der Waals surface area contributed by atoms with Gasteiger partial charge in [-0.25, -0.2) is 0 Å². The van der Waals surface area contributed by atoms with E-state index in [4.69, 9.17) is 0 Å². The average molecular weight is 179 g/mol. The first-order valence-corrected chi connectivity index (χ1v) is 3.58. The number of allylic oxidation sites excluding steroid dienone is 1. The lowest BCUT2D eigenvalue weighted by Gasteiger charge is -2.04. The van der Waals surface area contributed by atoms with Crippen LogP contribution in [0.3, 0.4) is 0 Å². The van der Waals surface area contributed by atoms with Gasteiger partial charge in [-0.1, -0.05) is 11.6 Å². The molecule has 0 aromatic carbocycles. The zero-order valence-corrected chi connectivity index (χ0v) is 7.37. The van der Waals surface area contributed by atoms with Crippen LogP contribution < -0.4 is 0 Å². The number of aliphatic imine (C=N–C) groups is 1. The van der Waals surface area contributed by atoms with Crippen LogP contribution in [0.2, 0.25) is 0 Å². The van der Waals surface area contributed by atoms with Crippen molar-refractivity contribution >= 4 is 5.71 Å². The number of rotatable bonds is 2. The normalized spacial score (nSPS) is 15.2. The van der Waals surface area contributed by atoms with Crippen molar-refractivity contribution in [3.8, 4) is 0 Å². The van der Waals surface area contributed by atoms with Crippen molar-refractivity contribution in [1.29, 1.82) is 0 Å². The molecule has 0 radical (unpaired) electrons. The van der Waals surface area contributed by atoms with Crippen LogP contribution in [-0.2, 0) is 0 Å². The zero-order valence-electron chi connectivity index (χ0n) is 7.37. The molecule has 0 bridgehead atoms. The Balaban J connectivity index is 4.20. The highest BCUT2D eigenvalue weighted by molar-refractivity contribution is 5.87. The van der Waals surface area contributed by atoms with Gasteiger partial charge in [-0.05, 0) is 20.8 Å². The van der Waals surface area contributed by atoms with Crippen molar-refractivity contribution in [3.05, 3.63) is 11.6 Å². The van der Waals surface area contributed by atoms with Gasteiger partial charge in [-0.3, -0.25) is 4.99 Å². The molecule has 0 heterocycles. The van der Waals surface area contributed by atoms with E-state index in [1.54, 1.807) is 19.9 Å². The van der Waals surface area contributed by atoms with Crippen LogP contribution in [0.4, 0.5) is 13.2 Å². The summed E-state index contributed by atoms with van der Waals surface area (Å²) in [5.41, 5.74) is 0.0577. The van der Waals surface area contributed by atoms with Gasteiger partial charge in [0.25, 0.3) is 0 Å². The van der Waals surface area contributed by atoms with Gasteiger partial charge in [0.05, 0.1) is 6.54 Å². The average Bonchev–Trinajstić information content (AvgIpc) is 1.97. The Bertz CT molecular complexity index is 201. The van der Waals surface area contributed by atoms with Crippen molar-refractivity contribution in [1.82, 2.24) is 0 Å². The molecule has 1 nitrogen and oxygen atoms in total.